The van der Waals surface area contributed by atoms with Crippen LogP contribution in [0, 0.1) is 0 Å². The first-order valence-electron chi connectivity index (χ1n) is 8.00. The zero-order chi connectivity index (χ0) is 19.2. The van der Waals surface area contributed by atoms with E-state index < -0.39 is 47.6 Å². The smallest absolute Gasteiger partial charge is 0.735 e. The molecule has 2 rings (SSSR count). The van der Waals surface area contributed by atoms with Crippen molar-refractivity contribution in [1.29, 1.82) is 0 Å². The van der Waals surface area contributed by atoms with Crippen LogP contribution in [0.1, 0.15) is 5.56 Å². The Labute approximate surface area is 180 Å². The second-order valence-corrected chi connectivity index (χ2v) is 6.88. The molecule has 0 bridgehead atoms. The molecule has 10 nitrogen and oxygen atoms in total. The molecule has 1 saturated heterocycles. The van der Waals surface area contributed by atoms with E-state index in [9.17, 15) is 23.2 Å². The Bertz CT molecular complexity index is 650. The van der Waals surface area contributed by atoms with Crippen molar-refractivity contribution < 1.29 is 67.0 Å². The molecule has 1 aliphatic heterocycles. The molecule has 0 radical (unpaired) electrons. The fourth-order valence-electron chi connectivity index (χ4n) is 2.66. The molecule has 148 valence electrons. The zero-order valence-corrected chi connectivity index (χ0v) is 17.7. The maximum atomic E-state index is 11.1. The second kappa shape index (κ2) is 11.8. The standard InChI is InChI=1S/C15H24N2O8S.Na/c16-6-7-23-15-12(17-26(20,21)22)13(19)14(11(8-18)25-15)24-9-10-4-2-1-3-5-10;/h1-5,11-15,17-19H,6-9,16H2,(H,20,21,22);/q;+1/p-1/t11-,12-,13-,14-,15+;/m1./s1. The van der Waals surface area contributed by atoms with Crippen molar-refractivity contribution in [2.24, 2.45) is 5.73 Å². The van der Waals surface area contributed by atoms with Gasteiger partial charge in [-0.3, -0.25) is 0 Å². The average molecular weight is 414 g/mol. The van der Waals surface area contributed by atoms with Gasteiger partial charge in [0.2, 0.25) is 0 Å². The van der Waals surface area contributed by atoms with Crippen molar-refractivity contribution in [2.75, 3.05) is 19.8 Å². The molecule has 1 aromatic carbocycles. The summed E-state index contributed by atoms with van der Waals surface area (Å²) >= 11 is 0. The normalized spacial score (nSPS) is 28.5. The number of nitrogens with two attached hydrogens (primary N) is 1. The molecule has 1 aromatic rings. The Morgan fingerprint density at radius 2 is 1.93 bits per heavy atom. The van der Waals surface area contributed by atoms with Crippen LogP contribution in [0.5, 0.6) is 0 Å². The molecule has 1 fully saturated rings. The van der Waals surface area contributed by atoms with Crippen LogP contribution < -0.4 is 40.0 Å². The number of aliphatic hydroxyl groups excluding tert-OH is 2. The topological polar surface area (TPSA) is 163 Å². The predicted molar refractivity (Wildman–Crippen MR) is 88.4 cm³/mol. The molecular weight excluding hydrogens is 391 g/mol. The van der Waals surface area contributed by atoms with Gasteiger partial charge in [0, 0.05) is 6.54 Å². The summed E-state index contributed by atoms with van der Waals surface area (Å²) in [5, 5.41) is 20.1. The van der Waals surface area contributed by atoms with E-state index in [1.165, 1.54) is 0 Å². The molecule has 5 atom stereocenters. The molecule has 27 heavy (non-hydrogen) atoms. The fraction of sp³-hybridized carbons (Fsp3) is 0.600. The number of hydrogen-bond acceptors (Lipinski definition) is 9. The van der Waals surface area contributed by atoms with Crippen molar-refractivity contribution in [2.45, 2.75) is 37.3 Å². The number of benzene rings is 1. The molecule has 1 aliphatic rings. The fourth-order valence-corrected chi connectivity index (χ4v) is 3.24. The van der Waals surface area contributed by atoms with Crippen LogP contribution >= 0.6 is 0 Å². The monoisotopic (exact) mass is 414 g/mol. The number of rotatable bonds is 9. The largest absolute Gasteiger partial charge is 1.00 e. The summed E-state index contributed by atoms with van der Waals surface area (Å²) in [7, 11) is -4.90. The Kier molecular flexibility index (Phi) is 10.8. The maximum absolute atomic E-state index is 11.1. The molecular formula is C15H23N2NaO8S. The van der Waals surface area contributed by atoms with E-state index in [-0.39, 0.29) is 49.3 Å². The van der Waals surface area contributed by atoms with E-state index in [1.54, 1.807) is 29.0 Å². The van der Waals surface area contributed by atoms with Crippen LogP contribution in [0.3, 0.4) is 0 Å². The molecule has 1 heterocycles. The third kappa shape index (κ3) is 7.65. The van der Waals surface area contributed by atoms with E-state index in [1.807, 2.05) is 6.07 Å². The van der Waals surface area contributed by atoms with Gasteiger partial charge < -0.3 is 34.7 Å². The zero-order valence-electron chi connectivity index (χ0n) is 14.9. The quantitative estimate of drug-likeness (QED) is 0.229. The molecule has 0 aromatic heterocycles. The summed E-state index contributed by atoms with van der Waals surface area (Å²) in [6.45, 7) is -0.296. The minimum Gasteiger partial charge on any atom is -0.735 e. The van der Waals surface area contributed by atoms with Gasteiger partial charge in [-0.15, -0.1) is 0 Å². The molecule has 0 spiro atoms. The molecule has 5 N–H and O–H groups in total. The van der Waals surface area contributed by atoms with Gasteiger partial charge in [0.05, 0.1) is 19.8 Å². The minimum atomic E-state index is -4.90. The summed E-state index contributed by atoms with van der Waals surface area (Å²) in [5.74, 6) is 0. The summed E-state index contributed by atoms with van der Waals surface area (Å²) in [4.78, 5) is 0. The number of hydrogen-bond donors (Lipinski definition) is 4. The number of aliphatic hydroxyl groups is 2. The van der Waals surface area contributed by atoms with Crippen molar-refractivity contribution in [3.05, 3.63) is 35.9 Å². The predicted octanol–water partition coefficient (Wildman–Crippen LogP) is -4.95. The van der Waals surface area contributed by atoms with E-state index in [0.29, 0.717) is 0 Å². The third-order valence-corrected chi connectivity index (χ3v) is 4.38. The molecule has 0 saturated carbocycles. The van der Waals surface area contributed by atoms with Crippen LogP contribution in [-0.4, -0.2) is 73.6 Å². The first kappa shape index (κ1) is 24.9. The molecule has 0 amide bonds. The number of nitrogens with one attached hydrogen (secondary N) is 1. The molecule has 12 heteroatoms. The SMILES string of the molecule is NCCO[C@H]1O[C@H](CO)[C@@H](OCc2ccccc2)[C@H](O)[C@H]1NS(=O)(=O)[O-].[Na+]. The Hall–Kier alpha value is -0.150. The second-order valence-electron chi connectivity index (χ2n) is 5.73. The maximum Gasteiger partial charge on any atom is 1.00 e. The Balaban J connectivity index is 0.00000364. The van der Waals surface area contributed by atoms with Gasteiger partial charge in [0.15, 0.2) is 16.6 Å². The van der Waals surface area contributed by atoms with E-state index >= 15 is 0 Å². The molecule has 0 unspecified atom stereocenters. The van der Waals surface area contributed by atoms with Gasteiger partial charge in [0.25, 0.3) is 0 Å². The van der Waals surface area contributed by atoms with Gasteiger partial charge in [-0.2, -0.15) is 0 Å². The van der Waals surface area contributed by atoms with Crippen molar-refractivity contribution in [3.8, 4) is 0 Å². The summed E-state index contributed by atoms with van der Waals surface area (Å²) in [5.41, 5.74) is 6.15. The van der Waals surface area contributed by atoms with E-state index in [4.69, 9.17) is 19.9 Å². The van der Waals surface area contributed by atoms with Gasteiger partial charge in [-0.1, -0.05) is 30.3 Å². The van der Waals surface area contributed by atoms with Gasteiger partial charge in [-0.05, 0) is 5.56 Å². The first-order valence-corrected chi connectivity index (χ1v) is 9.41. The van der Waals surface area contributed by atoms with Gasteiger partial charge >= 0.3 is 29.6 Å². The van der Waals surface area contributed by atoms with Crippen LogP contribution in [0.15, 0.2) is 30.3 Å². The first-order chi connectivity index (χ1) is 12.4. The average Bonchev–Trinajstić information content (AvgIpc) is 2.61. The van der Waals surface area contributed by atoms with Crippen molar-refractivity contribution in [3.63, 3.8) is 0 Å². The minimum absolute atomic E-state index is 0. The summed E-state index contributed by atoms with van der Waals surface area (Å²) < 4.78 is 51.4. The Morgan fingerprint density at radius 3 is 2.48 bits per heavy atom. The summed E-state index contributed by atoms with van der Waals surface area (Å²) in [6, 6.07) is 7.64. The third-order valence-electron chi connectivity index (χ3n) is 3.82. The van der Waals surface area contributed by atoms with Crippen molar-refractivity contribution >= 4 is 10.3 Å². The van der Waals surface area contributed by atoms with Gasteiger partial charge in [0.1, 0.15) is 24.4 Å². The number of ether oxygens (including phenoxy) is 3. The van der Waals surface area contributed by atoms with Crippen LogP contribution in [0.4, 0.5) is 0 Å². The summed E-state index contributed by atoms with van der Waals surface area (Å²) in [6.07, 6.45) is -4.86. The van der Waals surface area contributed by atoms with Crippen LogP contribution in [-0.2, 0) is 31.1 Å². The van der Waals surface area contributed by atoms with Crippen LogP contribution in [0.2, 0.25) is 0 Å². The molecule has 0 aliphatic carbocycles. The van der Waals surface area contributed by atoms with E-state index in [2.05, 4.69) is 0 Å². The Morgan fingerprint density at radius 1 is 1.26 bits per heavy atom. The van der Waals surface area contributed by atoms with Crippen LogP contribution in [0.25, 0.3) is 0 Å². The van der Waals surface area contributed by atoms with E-state index in [0.717, 1.165) is 5.56 Å². The van der Waals surface area contributed by atoms with Gasteiger partial charge in [-0.25, -0.2) is 13.1 Å². The van der Waals surface area contributed by atoms with Crippen molar-refractivity contribution in [1.82, 2.24) is 4.72 Å².